The standard InChI is InChI=1S/C17H20N2O/c1-13(17(18)20)19-12-16-9-7-15(8-10-16)11-14-5-3-2-4-6-14/h2-10,13,19H,11-12H2,1H3,(H2,18,20)/t13-/m1/s1. The van der Waals surface area contributed by atoms with Crippen LogP contribution in [0.25, 0.3) is 0 Å². The Morgan fingerprint density at radius 3 is 2.15 bits per heavy atom. The molecule has 3 nitrogen and oxygen atoms in total. The molecule has 104 valence electrons. The Kier molecular flexibility index (Phi) is 4.91. The number of carbonyl (C=O) groups excluding carboxylic acids is 1. The maximum absolute atomic E-state index is 10.9. The van der Waals surface area contributed by atoms with Crippen molar-refractivity contribution in [2.24, 2.45) is 5.73 Å². The monoisotopic (exact) mass is 268 g/mol. The fourth-order valence-electron chi connectivity index (χ4n) is 1.98. The SMILES string of the molecule is C[C@@H](NCc1ccc(Cc2ccccc2)cc1)C(N)=O. The number of primary amides is 1. The summed E-state index contributed by atoms with van der Waals surface area (Å²) in [4.78, 5) is 10.9. The molecule has 0 bridgehead atoms. The highest BCUT2D eigenvalue weighted by atomic mass is 16.1. The van der Waals surface area contributed by atoms with Gasteiger partial charge in [0, 0.05) is 6.54 Å². The second-order valence-corrected chi connectivity index (χ2v) is 4.98. The molecule has 0 radical (unpaired) electrons. The summed E-state index contributed by atoms with van der Waals surface area (Å²) in [6.07, 6.45) is 0.937. The van der Waals surface area contributed by atoms with Crippen LogP contribution in [0, 0.1) is 0 Å². The smallest absolute Gasteiger partial charge is 0.234 e. The van der Waals surface area contributed by atoms with Crippen LogP contribution >= 0.6 is 0 Å². The molecule has 0 saturated heterocycles. The van der Waals surface area contributed by atoms with Gasteiger partial charge in [-0.15, -0.1) is 0 Å². The van der Waals surface area contributed by atoms with Crippen molar-refractivity contribution in [3.8, 4) is 0 Å². The summed E-state index contributed by atoms with van der Waals surface area (Å²) < 4.78 is 0. The molecule has 1 atom stereocenters. The van der Waals surface area contributed by atoms with Gasteiger partial charge in [-0.3, -0.25) is 4.79 Å². The third-order valence-corrected chi connectivity index (χ3v) is 3.31. The predicted molar refractivity (Wildman–Crippen MR) is 81.2 cm³/mol. The molecule has 20 heavy (non-hydrogen) atoms. The summed E-state index contributed by atoms with van der Waals surface area (Å²) in [6.45, 7) is 2.42. The van der Waals surface area contributed by atoms with Gasteiger partial charge in [-0.2, -0.15) is 0 Å². The van der Waals surface area contributed by atoms with E-state index in [9.17, 15) is 4.79 Å². The molecule has 3 heteroatoms. The van der Waals surface area contributed by atoms with E-state index >= 15 is 0 Å². The van der Waals surface area contributed by atoms with E-state index in [4.69, 9.17) is 5.73 Å². The maximum Gasteiger partial charge on any atom is 0.234 e. The highest BCUT2D eigenvalue weighted by Crippen LogP contribution is 2.10. The summed E-state index contributed by atoms with van der Waals surface area (Å²) in [5.41, 5.74) is 8.94. The first kappa shape index (κ1) is 14.3. The zero-order valence-electron chi connectivity index (χ0n) is 11.7. The minimum Gasteiger partial charge on any atom is -0.368 e. The Morgan fingerprint density at radius 2 is 1.55 bits per heavy atom. The molecule has 0 heterocycles. The Morgan fingerprint density at radius 1 is 1.00 bits per heavy atom. The van der Waals surface area contributed by atoms with Crippen LogP contribution in [0.3, 0.4) is 0 Å². The fraction of sp³-hybridized carbons (Fsp3) is 0.235. The maximum atomic E-state index is 10.9. The lowest BCUT2D eigenvalue weighted by Crippen LogP contribution is -2.38. The van der Waals surface area contributed by atoms with Crippen molar-refractivity contribution in [1.82, 2.24) is 5.32 Å². The summed E-state index contributed by atoms with van der Waals surface area (Å²) in [7, 11) is 0. The second kappa shape index (κ2) is 6.87. The Balaban J connectivity index is 1.91. The molecule has 0 aromatic heterocycles. The number of rotatable bonds is 6. The van der Waals surface area contributed by atoms with Gasteiger partial charge in [-0.05, 0) is 30.0 Å². The molecule has 2 aromatic carbocycles. The molecule has 0 aliphatic carbocycles. The molecular formula is C17H20N2O. The molecule has 0 fully saturated rings. The molecule has 3 N–H and O–H groups in total. The highest BCUT2D eigenvalue weighted by molar-refractivity contribution is 5.79. The van der Waals surface area contributed by atoms with Gasteiger partial charge in [0.1, 0.15) is 0 Å². The quantitative estimate of drug-likeness (QED) is 0.844. The van der Waals surface area contributed by atoms with Crippen molar-refractivity contribution >= 4 is 5.91 Å². The predicted octanol–water partition coefficient (Wildman–Crippen LogP) is 2.24. The van der Waals surface area contributed by atoms with Crippen molar-refractivity contribution in [2.45, 2.75) is 25.9 Å². The van der Waals surface area contributed by atoms with Crippen molar-refractivity contribution < 1.29 is 4.79 Å². The van der Waals surface area contributed by atoms with Gasteiger partial charge in [-0.1, -0.05) is 54.6 Å². The van der Waals surface area contributed by atoms with E-state index in [2.05, 4.69) is 53.8 Å². The summed E-state index contributed by atoms with van der Waals surface area (Å²) in [5, 5.41) is 3.09. The van der Waals surface area contributed by atoms with Crippen LogP contribution in [-0.2, 0) is 17.8 Å². The average Bonchev–Trinajstić information content (AvgIpc) is 2.47. The zero-order chi connectivity index (χ0) is 14.4. The molecule has 0 spiro atoms. The number of benzene rings is 2. The lowest BCUT2D eigenvalue weighted by molar-refractivity contribution is -0.119. The first-order chi connectivity index (χ1) is 9.65. The molecule has 0 unspecified atom stereocenters. The Bertz CT molecular complexity index is 549. The van der Waals surface area contributed by atoms with Crippen LogP contribution < -0.4 is 11.1 Å². The lowest BCUT2D eigenvalue weighted by atomic mass is 10.0. The molecule has 1 amide bonds. The van der Waals surface area contributed by atoms with E-state index in [0.717, 1.165) is 12.0 Å². The fourth-order valence-corrected chi connectivity index (χ4v) is 1.98. The molecule has 2 rings (SSSR count). The van der Waals surface area contributed by atoms with Crippen LogP contribution in [0.4, 0.5) is 0 Å². The zero-order valence-corrected chi connectivity index (χ0v) is 11.7. The van der Waals surface area contributed by atoms with Crippen LogP contribution in [0.2, 0.25) is 0 Å². The van der Waals surface area contributed by atoms with E-state index < -0.39 is 0 Å². The largest absolute Gasteiger partial charge is 0.368 e. The van der Waals surface area contributed by atoms with Crippen LogP contribution in [0.15, 0.2) is 54.6 Å². The molecule has 2 aromatic rings. The Hall–Kier alpha value is -2.13. The Labute approximate surface area is 119 Å². The minimum atomic E-state index is -0.328. The van der Waals surface area contributed by atoms with Gasteiger partial charge in [0.2, 0.25) is 5.91 Å². The first-order valence-electron chi connectivity index (χ1n) is 6.79. The van der Waals surface area contributed by atoms with E-state index in [-0.39, 0.29) is 11.9 Å². The van der Waals surface area contributed by atoms with Gasteiger partial charge >= 0.3 is 0 Å². The topological polar surface area (TPSA) is 55.1 Å². The van der Waals surface area contributed by atoms with Gasteiger partial charge in [0.15, 0.2) is 0 Å². The van der Waals surface area contributed by atoms with Crippen molar-refractivity contribution in [1.29, 1.82) is 0 Å². The number of nitrogens with two attached hydrogens (primary N) is 1. The van der Waals surface area contributed by atoms with E-state index in [1.807, 2.05) is 6.07 Å². The van der Waals surface area contributed by atoms with Crippen molar-refractivity contribution in [3.63, 3.8) is 0 Å². The molecule has 0 aliphatic rings. The van der Waals surface area contributed by atoms with E-state index in [1.165, 1.54) is 11.1 Å². The van der Waals surface area contributed by atoms with Crippen molar-refractivity contribution in [2.75, 3.05) is 0 Å². The normalized spacial score (nSPS) is 12.1. The lowest BCUT2D eigenvalue weighted by Gasteiger charge is -2.10. The molecular weight excluding hydrogens is 248 g/mol. The summed E-state index contributed by atoms with van der Waals surface area (Å²) >= 11 is 0. The van der Waals surface area contributed by atoms with Gasteiger partial charge in [0.05, 0.1) is 6.04 Å². The molecule has 0 saturated carbocycles. The minimum absolute atomic E-state index is 0.306. The third-order valence-electron chi connectivity index (χ3n) is 3.31. The first-order valence-corrected chi connectivity index (χ1v) is 6.79. The summed E-state index contributed by atoms with van der Waals surface area (Å²) in [5.74, 6) is -0.328. The number of carbonyl (C=O) groups is 1. The van der Waals surface area contributed by atoms with Crippen LogP contribution in [0.5, 0.6) is 0 Å². The number of amides is 1. The second-order valence-electron chi connectivity index (χ2n) is 4.98. The van der Waals surface area contributed by atoms with Crippen LogP contribution in [0.1, 0.15) is 23.6 Å². The van der Waals surface area contributed by atoms with Crippen LogP contribution in [-0.4, -0.2) is 11.9 Å². The highest BCUT2D eigenvalue weighted by Gasteiger charge is 2.06. The number of hydrogen-bond donors (Lipinski definition) is 2. The number of nitrogens with one attached hydrogen (secondary N) is 1. The number of hydrogen-bond acceptors (Lipinski definition) is 2. The van der Waals surface area contributed by atoms with E-state index in [1.54, 1.807) is 6.92 Å². The van der Waals surface area contributed by atoms with E-state index in [0.29, 0.717) is 6.54 Å². The van der Waals surface area contributed by atoms with Gasteiger partial charge in [-0.25, -0.2) is 0 Å². The molecule has 0 aliphatic heterocycles. The van der Waals surface area contributed by atoms with Crippen molar-refractivity contribution in [3.05, 3.63) is 71.3 Å². The average molecular weight is 268 g/mol. The third kappa shape index (κ3) is 4.21. The van der Waals surface area contributed by atoms with Gasteiger partial charge < -0.3 is 11.1 Å². The summed E-state index contributed by atoms with van der Waals surface area (Å²) in [6, 6.07) is 18.5. The van der Waals surface area contributed by atoms with Gasteiger partial charge in [0.25, 0.3) is 0 Å².